The standard InChI is InChI=1S/C20H24N4O3S/c1-22(2)19-11-10-14(28(26,27)23(3)4)12-17(19)21-20(25)16-13-24(5)18-9-7-6-8-15(16)18/h6-13H,1-5H3,(H,21,25). The molecule has 3 aromatic rings. The number of carbonyl (C=O) groups is 1. The second-order valence-electron chi connectivity index (χ2n) is 6.99. The highest BCUT2D eigenvalue weighted by Crippen LogP contribution is 2.30. The maximum absolute atomic E-state index is 13.0. The third-order valence-corrected chi connectivity index (χ3v) is 6.43. The molecule has 0 atom stereocenters. The zero-order chi connectivity index (χ0) is 20.6. The summed E-state index contributed by atoms with van der Waals surface area (Å²) in [5.41, 5.74) is 2.63. The maximum Gasteiger partial charge on any atom is 0.257 e. The molecule has 1 amide bonds. The highest BCUT2D eigenvalue weighted by molar-refractivity contribution is 7.89. The number of fused-ring (bicyclic) bond motifs is 1. The second kappa shape index (κ2) is 7.29. The summed E-state index contributed by atoms with van der Waals surface area (Å²) in [6, 6.07) is 12.4. The largest absolute Gasteiger partial charge is 0.376 e. The summed E-state index contributed by atoms with van der Waals surface area (Å²) in [5.74, 6) is -0.292. The predicted molar refractivity (Wildman–Crippen MR) is 113 cm³/mol. The Morgan fingerprint density at radius 3 is 2.36 bits per heavy atom. The first-order valence-electron chi connectivity index (χ1n) is 8.72. The fraction of sp³-hybridized carbons (Fsp3) is 0.250. The molecule has 0 aliphatic carbocycles. The van der Waals surface area contributed by atoms with E-state index < -0.39 is 10.0 Å². The van der Waals surface area contributed by atoms with E-state index in [1.54, 1.807) is 12.3 Å². The van der Waals surface area contributed by atoms with Crippen LogP contribution in [0.2, 0.25) is 0 Å². The van der Waals surface area contributed by atoms with Crippen molar-refractivity contribution in [3.63, 3.8) is 0 Å². The number of rotatable bonds is 5. The van der Waals surface area contributed by atoms with E-state index in [1.165, 1.54) is 26.2 Å². The molecule has 0 unspecified atom stereocenters. The van der Waals surface area contributed by atoms with Crippen LogP contribution in [0.4, 0.5) is 11.4 Å². The molecular formula is C20H24N4O3S. The molecule has 3 rings (SSSR count). The van der Waals surface area contributed by atoms with Crippen molar-refractivity contribution in [3.8, 4) is 0 Å². The van der Waals surface area contributed by atoms with Crippen LogP contribution in [0, 0.1) is 0 Å². The summed E-state index contributed by atoms with van der Waals surface area (Å²) in [6.45, 7) is 0. The molecule has 0 aliphatic rings. The van der Waals surface area contributed by atoms with Crippen molar-refractivity contribution in [3.05, 3.63) is 54.2 Å². The molecular weight excluding hydrogens is 376 g/mol. The van der Waals surface area contributed by atoms with Crippen LogP contribution in [0.1, 0.15) is 10.4 Å². The number of carbonyl (C=O) groups excluding carboxylic acids is 1. The lowest BCUT2D eigenvalue weighted by Crippen LogP contribution is -2.23. The molecule has 0 saturated carbocycles. The number of aryl methyl sites for hydroxylation is 1. The minimum Gasteiger partial charge on any atom is -0.376 e. The summed E-state index contributed by atoms with van der Waals surface area (Å²) in [6.07, 6.45) is 1.77. The Balaban J connectivity index is 2.06. The third-order valence-electron chi connectivity index (χ3n) is 4.62. The van der Waals surface area contributed by atoms with E-state index in [0.29, 0.717) is 16.9 Å². The summed E-state index contributed by atoms with van der Waals surface area (Å²) in [5, 5.41) is 3.73. The van der Waals surface area contributed by atoms with Gasteiger partial charge < -0.3 is 14.8 Å². The van der Waals surface area contributed by atoms with Gasteiger partial charge in [0.25, 0.3) is 5.91 Å². The lowest BCUT2D eigenvalue weighted by atomic mass is 10.1. The zero-order valence-corrected chi connectivity index (χ0v) is 17.4. The number of amides is 1. The maximum atomic E-state index is 13.0. The highest BCUT2D eigenvalue weighted by Gasteiger charge is 2.21. The van der Waals surface area contributed by atoms with Gasteiger partial charge in [0.05, 0.1) is 21.8 Å². The minimum atomic E-state index is -3.61. The molecule has 0 bridgehead atoms. The first-order valence-corrected chi connectivity index (χ1v) is 10.2. The van der Waals surface area contributed by atoms with Gasteiger partial charge >= 0.3 is 0 Å². The van der Waals surface area contributed by atoms with E-state index in [2.05, 4.69) is 5.32 Å². The Kier molecular flexibility index (Phi) is 5.18. The van der Waals surface area contributed by atoms with Crippen molar-refractivity contribution in [1.82, 2.24) is 8.87 Å². The van der Waals surface area contributed by atoms with Gasteiger partial charge in [0.15, 0.2) is 0 Å². The average Bonchev–Trinajstić information content (AvgIpc) is 2.98. The van der Waals surface area contributed by atoms with E-state index in [9.17, 15) is 13.2 Å². The molecule has 8 heteroatoms. The highest BCUT2D eigenvalue weighted by atomic mass is 32.2. The Labute approximate surface area is 165 Å². The number of benzene rings is 2. The van der Waals surface area contributed by atoms with Crippen molar-refractivity contribution < 1.29 is 13.2 Å². The number of hydrogen-bond acceptors (Lipinski definition) is 4. The lowest BCUT2D eigenvalue weighted by molar-refractivity contribution is 0.102. The van der Waals surface area contributed by atoms with Crippen LogP contribution in [0.25, 0.3) is 10.9 Å². The SMILES string of the molecule is CN(C)c1ccc(S(=O)(=O)N(C)C)cc1NC(=O)c1cn(C)c2ccccc12. The van der Waals surface area contributed by atoms with Crippen LogP contribution < -0.4 is 10.2 Å². The Hall–Kier alpha value is -2.84. The second-order valence-corrected chi connectivity index (χ2v) is 9.14. The number of sulfonamides is 1. The van der Waals surface area contributed by atoms with E-state index in [-0.39, 0.29) is 10.8 Å². The monoisotopic (exact) mass is 400 g/mol. The molecule has 0 radical (unpaired) electrons. The van der Waals surface area contributed by atoms with E-state index in [1.807, 2.05) is 54.9 Å². The van der Waals surface area contributed by atoms with Crippen LogP contribution in [0.5, 0.6) is 0 Å². The van der Waals surface area contributed by atoms with E-state index >= 15 is 0 Å². The molecule has 1 N–H and O–H groups in total. The topological polar surface area (TPSA) is 74.7 Å². The molecule has 28 heavy (non-hydrogen) atoms. The number of nitrogens with zero attached hydrogens (tertiary/aromatic N) is 3. The molecule has 1 heterocycles. The van der Waals surface area contributed by atoms with Gasteiger partial charge in [-0.1, -0.05) is 18.2 Å². The van der Waals surface area contributed by atoms with Crippen LogP contribution in [0.3, 0.4) is 0 Å². The number of aromatic nitrogens is 1. The smallest absolute Gasteiger partial charge is 0.257 e. The van der Waals surface area contributed by atoms with Crippen molar-refractivity contribution in [2.24, 2.45) is 7.05 Å². The molecule has 148 valence electrons. The van der Waals surface area contributed by atoms with Crippen LogP contribution in [-0.2, 0) is 17.1 Å². The normalized spacial score (nSPS) is 11.8. The summed E-state index contributed by atoms with van der Waals surface area (Å²) >= 11 is 0. The van der Waals surface area contributed by atoms with Crippen molar-refractivity contribution in [1.29, 1.82) is 0 Å². The summed E-state index contributed by atoms with van der Waals surface area (Å²) in [4.78, 5) is 15.0. The van der Waals surface area contributed by atoms with E-state index in [4.69, 9.17) is 0 Å². The summed E-state index contributed by atoms with van der Waals surface area (Å²) < 4.78 is 28.0. The van der Waals surface area contributed by atoms with Gasteiger partial charge in [-0.15, -0.1) is 0 Å². The van der Waals surface area contributed by atoms with Crippen molar-refractivity contribution >= 4 is 38.2 Å². The molecule has 1 aromatic heterocycles. The molecule has 0 spiro atoms. The molecule has 2 aromatic carbocycles. The third kappa shape index (κ3) is 3.48. The fourth-order valence-corrected chi connectivity index (χ4v) is 4.02. The zero-order valence-electron chi connectivity index (χ0n) is 16.6. The quantitative estimate of drug-likeness (QED) is 0.715. The van der Waals surface area contributed by atoms with Crippen molar-refractivity contribution in [2.75, 3.05) is 38.4 Å². The number of anilines is 2. The van der Waals surface area contributed by atoms with Crippen LogP contribution >= 0.6 is 0 Å². The Bertz CT molecular complexity index is 1150. The molecule has 7 nitrogen and oxygen atoms in total. The van der Waals surface area contributed by atoms with Gasteiger partial charge in [0.1, 0.15) is 0 Å². The van der Waals surface area contributed by atoms with Gasteiger partial charge in [-0.3, -0.25) is 4.79 Å². The Morgan fingerprint density at radius 1 is 1.04 bits per heavy atom. The van der Waals surface area contributed by atoms with Gasteiger partial charge in [0, 0.05) is 52.3 Å². The number of para-hydroxylation sites is 1. The molecule has 0 fully saturated rings. The Morgan fingerprint density at radius 2 is 1.71 bits per heavy atom. The number of nitrogens with one attached hydrogen (secondary N) is 1. The summed E-state index contributed by atoms with van der Waals surface area (Å²) in [7, 11) is 4.89. The van der Waals surface area contributed by atoms with Gasteiger partial charge in [-0.2, -0.15) is 0 Å². The van der Waals surface area contributed by atoms with Gasteiger partial charge in [0.2, 0.25) is 10.0 Å². The van der Waals surface area contributed by atoms with Crippen LogP contribution in [-0.4, -0.2) is 51.4 Å². The minimum absolute atomic E-state index is 0.122. The lowest BCUT2D eigenvalue weighted by Gasteiger charge is -2.20. The first-order chi connectivity index (χ1) is 13.1. The first kappa shape index (κ1) is 19.9. The van der Waals surface area contributed by atoms with Gasteiger partial charge in [-0.25, -0.2) is 12.7 Å². The van der Waals surface area contributed by atoms with Crippen LogP contribution in [0.15, 0.2) is 53.6 Å². The molecule has 0 saturated heterocycles. The van der Waals surface area contributed by atoms with Gasteiger partial charge in [-0.05, 0) is 24.3 Å². The van der Waals surface area contributed by atoms with E-state index in [0.717, 1.165) is 15.2 Å². The predicted octanol–water partition coefficient (Wildman–Crippen LogP) is 2.75. The molecule has 0 aliphatic heterocycles. The fourth-order valence-electron chi connectivity index (χ4n) is 3.09. The average molecular weight is 401 g/mol. The van der Waals surface area contributed by atoms with Crippen molar-refractivity contribution in [2.45, 2.75) is 4.90 Å². The number of hydrogen-bond donors (Lipinski definition) is 1.